The van der Waals surface area contributed by atoms with Crippen molar-refractivity contribution in [1.29, 1.82) is 0 Å². The highest BCUT2D eigenvalue weighted by Gasteiger charge is 2.25. The molecule has 2 amide bonds. The van der Waals surface area contributed by atoms with Gasteiger partial charge in [0.2, 0.25) is 11.8 Å². The lowest BCUT2D eigenvalue weighted by Gasteiger charge is -2.28. The van der Waals surface area contributed by atoms with Crippen molar-refractivity contribution in [2.45, 2.75) is 25.3 Å². The van der Waals surface area contributed by atoms with Crippen molar-refractivity contribution >= 4 is 35.2 Å². The molecule has 0 bridgehead atoms. The number of likely N-dealkylation sites (N-methyl/N-ethyl adjacent to an activating group) is 1. The van der Waals surface area contributed by atoms with E-state index in [9.17, 15) is 9.59 Å². The number of carbonyl (C=O) groups is 2. The van der Waals surface area contributed by atoms with Crippen LogP contribution in [0.4, 0.5) is 0 Å². The molecule has 0 fully saturated rings. The normalized spacial score (nSPS) is 11.6. The topological polar surface area (TPSA) is 58.6 Å². The number of thioether (sulfide) groups is 1. The van der Waals surface area contributed by atoms with Crippen LogP contribution in [0, 0.1) is 0 Å². The third-order valence-corrected chi connectivity index (χ3v) is 5.57. The van der Waals surface area contributed by atoms with E-state index in [0.29, 0.717) is 23.1 Å². The number of amides is 2. The smallest absolute Gasteiger partial charge is 0.242 e. The summed E-state index contributed by atoms with van der Waals surface area (Å²) in [6.07, 6.45) is 0. The number of carbonyl (C=O) groups excluding carboxylic acids is 2. The lowest BCUT2D eigenvalue weighted by Crippen LogP contribution is -2.47. The van der Waals surface area contributed by atoms with Crippen LogP contribution in [0.2, 0.25) is 5.02 Å². The Morgan fingerprint density at radius 1 is 1.11 bits per heavy atom. The molecule has 1 atom stereocenters. The number of nitrogens with zero attached hydrogens (tertiary/aromatic N) is 1. The van der Waals surface area contributed by atoms with Crippen LogP contribution in [0.15, 0.2) is 48.5 Å². The van der Waals surface area contributed by atoms with Gasteiger partial charge >= 0.3 is 0 Å². The highest BCUT2D eigenvalue weighted by Crippen LogP contribution is 2.19. The molecule has 0 radical (unpaired) electrons. The summed E-state index contributed by atoms with van der Waals surface area (Å²) in [5.74, 6) is 1.48. The molecule has 2 aromatic rings. The Balaban J connectivity index is 2.02. The van der Waals surface area contributed by atoms with Crippen LogP contribution in [-0.4, -0.2) is 42.7 Å². The summed E-state index contributed by atoms with van der Waals surface area (Å²) in [7, 11) is 3.18. The number of hydrogen-bond acceptors (Lipinski definition) is 4. The molecule has 0 saturated carbocycles. The van der Waals surface area contributed by atoms with Gasteiger partial charge in [-0.05, 0) is 42.3 Å². The fourth-order valence-corrected chi connectivity index (χ4v) is 3.64. The van der Waals surface area contributed by atoms with Crippen molar-refractivity contribution in [2.75, 3.05) is 19.9 Å². The minimum absolute atomic E-state index is 0.0779. The Morgan fingerprint density at radius 3 is 2.29 bits per heavy atom. The second-order valence-electron chi connectivity index (χ2n) is 6.28. The van der Waals surface area contributed by atoms with Crippen LogP contribution < -0.4 is 10.1 Å². The van der Waals surface area contributed by atoms with E-state index >= 15 is 0 Å². The average molecular weight is 421 g/mol. The molecule has 0 unspecified atom stereocenters. The van der Waals surface area contributed by atoms with Gasteiger partial charge in [-0.2, -0.15) is 0 Å². The maximum Gasteiger partial charge on any atom is 0.242 e. The third kappa shape index (κ3) is 6.46. The van der Waals surface area contributed by atoms with Crippen molar-refractivity contribution in [3.63, 3.8) is 0 Å². The summed E-state index contributed by atoms with van der Waals surface area (Å²) in [5.41, 5.74) is 2.04. The SMILES string of the molecule is CNC(=O)[C@H](C)N(Cc1ccc(OC)cc1)C(=O)CSCc1ccc(Cl)cc1. The lowest BCUT2D eigenvalue weighted by molar-refractivity contribution is -0.138. The summed E-state index contributed by atoms with van der Waals surface area (Å²) in [4.78, 5) is 26.6. The Morgan fingerprint density at radius 2 is 1.71 bits per heavy atom. The summed E-state index contributed by atoms with van der Waals surface area (Å²) < 4.78 is 5.17. The van der Waals surface area contributed by atoms with Crippen LogP contribution in [0.25, 0.3) is 0 Å². The predicted molar refractivity (Wildman–Crippen MR) is 115 cm³/mol. The zero-order valence-corrected chi connectivity index (χ0v) is 17.8. The molecule has 0 aromatic heterocycles. The molecule has 0 aliphatic rings. The molecule has 0 saturated heterocycles. The molecule has 0 heterocycles. The minimum Gasteiger partial charge on any atom is -0.497 e. The first kappa shape index (κ1) is 22.1. The molecule has 0 aliphatic carbocycles. The Labute approximate surface area is 175 Å². The zero-order valence-electron chi connectivity index (χ0n) is 16.3. The van der Waals surface area contributed by atoms with Gasteiger partial charge < -0.3 is 15.0 Å². The van der Waals surface area contributed by atoms with Crippen LogP contribution in [0.5, 0.6) is 5.75 Å². The molecule has 2 rings (SSSR count). The first-order chi connectivity index (χ1) is 13.4. The van der Waals surface area contributed by atoms with E-state index in [2.05, 4.69) is 5.32 Å². The van der Waals surface area contributed by atoms with Gasteiger partial charge in [0.05, 0.1) is 12.9 Å². The Kier molecular flexibility index (Phi) is 8.67. The molecule has 5 nitrogen and oxygen atoms in total. The van der Waals surface area contributed by atoms with Gasteiger partial charge in [-0.1, -0.05) is 35.9 Å². The molecule has 1 N–H and O–H groups in total. The number of benzene rings is 2. The van der Waals surface area contributed by atoms with Gasteiger partial charge in [0.15, 0.2) is 0 Å². The van der Waals surface area contributed by atoms with Crippen molar-refractivity contribution in [1.82, 2.24) is 10.2 Å². The van der Waals surface area contributed by atoms with Crippen LogP contribution in [0.3, 0.4) is 0 Å². The highest BCUT2D eigenvalue weighted by atomic mass is 35.5. The first-order valence-corrected chi connectivity index (χ1v) is 10.4. The van der Waals surface area contributed by atoms with E-state index in [1.54, 1.807) is 26.0 Å². The highest BCUT2D eigenvalue weighted by molar-refractivity contribution is 7.99. The van der Waals surface area contributed by atoms with Crippen molar-refractivity contribution in [3.8, 4) is 5.75 Å². The molecule has 2 aromatic carbocycles. The van der Waals surface area contributed by atoms with Crippen molar-refractivity contribution in [2.24, 2.45) is 0 Å². The number of rotatable bonds is 9. The number of hydrogen-bond donors (Lipinski definition) is 1. The van der Waals surface area contributed by atoms with Crippen molar-refractivity contribution in [3.05, 3.63) is 64.7 Å². The molecule has 7 heteroatoms. The van der Waals surface area contributed by atoms with Gasteiger partial charge in [0.1, 0.15) is 11.8 Å². The van der Waals surface area contributed by atoms with Gasteiger partial charge in [0, 0.05) is 24.4 Å². The number of nitrogens with one attached hydrogen (secondary N) is 1. The van der Waals surface area contributed by atoms with Crippen LogP contribution in [-0.2, 0) is 21.9 Å². The van der Waals surface area contributed by atoms with E-state index in [-0.39, 0.29) is 11.8 Å². The molecule has 150 valence electrons. The minimum atomic E-state index is -0.560. The van der Waals surface area contributed by atoms with Gasteiger partial charge in [-0.25, -0.2) is 0 Å². The Hall–Kier alpha value is -2.18. The van der Waals surface area contributed by atoms with E-state index in [4.69, 9.17) is 16.3 Å². The summed E-state index contributed by atoms with van der Waals surface area (Å²) in [5, 5.41) is 3.31. The van der Waals surface area contributed by atoms with Crippen LogP contribution in [0.1, 0.15) is 18.1 Å². The van der Waals surface area contributed by atoms with E-state index < -0.39 is 6.04 Å². The maximum atomic E-state index is 12.9. The third-order valence-electron chi connectivity index (χ3n) is 4.33. The quantitative estimate of drug-likeness (QED) is 0.671. The van der Waals surface area contributed by atoms with Gasteiger partial charge in [-0.3, -0.25) is 9.59 Å². The summed E-state index contributed by atoms with van der Waals surface area (Å²) in [6, 6.07) is 14.5. The molecule has 0 spiro atoms. The standard InChI is InChI=1S/C21H25ClN2O3S/c1-15(21(26)23-2)24(12-16-6-10-19(27-3)11-7-16)20(25)14-28-13-17-4-8-18(22)9-5-17/h4-11,15H,12-14H2,1-3H3,(H,23,26)/t15-/m0/s1. The molecule has 28 heavy (non-hydrogen) atoms. The van der Waals surface area contributed by atoms with Gasteiger partial charge in [-0.15, -0.1) is 11.8 Å². The maximum absolute atomic E-state index is 12.9. The van der Waals surface area contributed by atoms with E-state index in [0.717, 1.165) is 16.9 Å². The number of ether oxygens (including phenoxy) is 1. The largest absolute Gasteiger partial charge is 0.497 e. The first-order valence-electron chi connectivity index (χ1n) is 8.90. The average Bonchev–Trinajstić information content (AvgIpc) is 2.72. The monoisotopic (exact) mass is 420 g/mol. The molecular weight excluding hydrogens is 396 g/mol. The van der Waals surface area contributed by atoms with E-state index in [1.807, 2.05) is 48.5 Å². The number of methoxy groups -OCH3 is 1. The fraction of sp³-hybridized carbons (Fsp3) is 0.333. The summed E-state index contributed by atoms with van der Waals surface area (Å²) >= 11 is 7.41. The molecular formula is C21H25ClN2O3S. The van der Waals surface area contributed by atoms with Crippen molar-refractivity contribution < 1.29 is 14.3 Å². The van der Waals surface area contributed by atoms with Crippen LogP contribution >= 0.6 is 23.4 Å². The fourth-order valence-electron chi connectivity index (χ4n) is 2.64. The van der Waals surface area contributed by atoms with E-state index in [1.165, 1.54) is 11.8 Å². The summed E-state index contributed by atoms with van der Waals surface area (Å²) in [6.45, 7) is 2.10. The number of halogens is 1. The second kappa shape index (κ2) is 11.0. The second-order valence-corrected chi connectivity index (χ2v) is 7.70. The van der Waals surface area contributed by atoms with Gasteiger partial charge in [0.25, 0.3) is 0 Å². The predicted octanol–water partition coefficient (Wildman–Crippen LogP) is 3.75. The Bertz CT molecular complexity index is 781. The lowest BCUT2D eigenvalue weighted by atomic mass is 10.1. The molecule has 0 aliphatic heterocycles. The zero-order chi connectivity index (χ0) is 20.5.